The van der Waals surface area contributed by atoms with Crippen LogP contribution in [0.3, 0.4) is 0 Å². The van der Waals surface area contributed by atoms with Crippen LogP contribution < -0.4 is 10.2 Å². The second-order valence-electron chi connectivity index (χ2n) is 7.04. The van der Waals surface area contributed by atoms with Crippen molar-refractivity contribution in [3.63, 3.8) is 0 Å². The Balaban J connectivity index is 0. The fourth-order valence-corrected chi connectivity index (χ4v) is 6.96. The third-order valence-electron chi connectivity index (χ3n) is 3.60. The molecule has 0 radical (unpaired) electrons. The molecule has 0 fully saturated rings. The van der Waals surface area contributed by atoms with Crippen LogP contribution in [0.15, 0.2) is 24.3 Å². The SMILES string of the molecule is C.CC(C)P(Nc1cccc(NP(C(C)C)C(C)C)c1)C(C)C.[Cl][Co][Cl]. The van der Waals surface area contributed by atoms with E-state index in [1.54, 1.807) is 0 Å². The van der Waals surface area contributed by atoms with Crippen molar-refractivity contribution < 1.29 is 12.9 Å². The molecule has 0 amide bonds. The van der Waals surface area contributed by atoms with Crippen molar-refractivity contribution in [1.29, 1.82) is 0 Å². The van der Waals surface area contributed by atoms with E-state index >= 15 is 0 Å². The van der Waals surface area contributed by atoms with E-state index < -0.39 is 0 Å². The Morgan fingerprint density at radius 3 is 1.23 bits per heavy atom. The molecule has 0 aliphatic heterocycles. The molecule has 0 atom stereocenters. The first kappa shape index (κ1) is 29.0. The Bertz CT molecular complexity index is 421. The maximum absolute atomic E-state index is 4.73. The van der Waals surface area contributed by atoms with Gasteiger partial charge in [-0.05, 0) is 57.0 Å². The van der Waals surface area contributed by atoms with Gasteiger partial charge in [-0.1, -0.05) is 68.9 Å². The summed E-state index contributed by atoms with van der Waals surface area (Å²) in [5, 5.41) is 7.56. The van der Waals surface area contributed by atoms with Gasteiger partial charge in [-0.2, -0.15) is 0 Å². The van der Waals surface area contributed by atoms with Gasteiger partial charge in [0.15, 0.2) is 0 Å². The van der Waals surface area contributed by atoms with Gasteiger partial charge in [0.1, 0.15) is 0 Å². The molecule has 7 heteroatoms. The maximum atomic E-state index is 4.73. The van der Waals surface area contributed by atoms with Crippen LogP contribution in [-0.4, -0.2) is 22.6 Å². The molecule has 2 N–H and O–H groups in total. The van der Waals surface area contributed by atoms with Gasteiger partial charge >= 0.3 is 33.2 Å². The van der Waals surface area contributed by atoms with E-state index in [2.05, 4.69) is 89.8 Å². The van der Waals surface area contributed by atoms with Crippen LogP contribution in [0, 0.1) is 0 Å². The van der Waals surface area contributed by atoms with Crippen molar-refractivity contribution in [1.82, 2.24) is 0 Å². The molecule has 0 bridgehead atoms. The van der Waals surface area contributed by atoms with Gasteiger partial charge in [-0.15, -0.1) is 0 Å². The monoisotopic (exact) mass is 485 g/mol. The minimum absolute atomic E-state index is 0. The van der Waals surface area contributed by atoms with Crippen LogP contribution >= 0.6 is 36.4 Å². The van der Waals surface area contributed by atoms with Crippen LogP contribution in [-0.2, 0) is 12.9 Å². The Morgan fingerprint density at radius 2 is 1.00 bits per heavy atom. The van der Waals surface area contributed by atoms with Crippen molar-refractivity contribution in [3.05, 3.63) is 24.3 Å². The molecule has 0 aromatic heterocycles. The molecule has 0 saturated heterocycles. The molecule has 0 unspecified atom stereocenters. The predicted octanol–water partition coefficient (Wildman–Crippen LogP) is 8.95. The standard InChI is InChI=1S/C18H34N2P2.CH4.2ClH.Co/c1-13(2)21(14(3)4)19-17-10-9-11-18(12-17)20-22(15(5)6)16(7)8;;;;/h9-16,19-20H,1-8H3;1H4;2*1H;/q;;;;+2/p-2. The number of halogens is 2. The molecule has 2 nitrogen and oxygen atoms in total. The summed E-state index contributed by atoms with van der Waals surface area (Å²) in [5.74, 6) is 0. The number of hydrogen-bond acceptors (Lipinski definition) is 2. The quantitative estimate of drug-likeness (QED) is 0.359. The number of anilines is 2. The van der Waals surface area contributed by atoms with Crippen molar-refractivity contribution in [2.45, 2.75) is 85.5 Å². The van der Waals surface area contributed by atoms with Gasteiger partial charge in [-0.25, -0.2) is 0 Å². The van der Waals surface area contributed by atoms with Crippen molar-refractivity contribution in [3.8, 4) is 0 Å². The molecular formula is C19H38Cl2CoN2P2. The van der Waals surface area contributed by atoms with Crippen LogP contribution in [0.4, 0.5) is 11.4 Å². The van der Waals surface area contributed by atoms with Gasteiger partial charge in [-0.3, -0.25) is 0 Å². The molecule has 0 saturated carbocycles. The minimum atomic E-state index is -0.185. The molecular weight excluding hydrogens is 448 g/mol. The van der Waals surface area contributed by atoms with Crippen molar-refractivity contribution >= 4 is 47.8 Å². The molecule has 157 valence electrons. The summed E-state index contributed by atoms with van der Waals surface area (Å²) in [5.41, 5.74) is 5.26. The molecule has 1 rings (SSSR count). The van der Waals surface area contributed by atoms with Gasteiger partial charge in [0.05, 0.1) is 0 Å². The predicted molar refractivity (Wildman–Crippen MR) is 127 cm³/mol. The first-order chi connectivity index (χ1) is 11.6. The summed E-state index contributed by atoms with van der Waals surface area (Å²) >= 11 is 0.382. The average molecular weight is 486 g/mol. The molecule has 0 heterocycles. The summed E-state index contributed by atoms with van der Waals surface area (Å²) < 4.78 is 0. The Hall–Kier alpha value is 0.766. The van der Waals surface area contributed by atoms with Crippen LogP contribution in [0.5, 0.6) is 0 Å². The van der Waals surface area contributed by atoms with Crippen molar-refractivity contribution in [2.24, 2.45) is 0 Å². The number of nitrogens with one attached hydrogen (secondary N) is 2. The van der Waals surface area contributed by atoms with Gasteiger partial charge in [0.2, 0.25) is 0 Å². The third kappa shape index (κ3) is 11.6. The van der Waals surface area contributed by atoms with E-state index in [1.165, 1.54) is 11.4 Å². The summed E-state index contributed by atoms with van der Waals surface area (Å²) in [7, 11) is 9.10. The zero-order valence-corrected chi connectivity index (χ0v) is 20.9. The van der Waals surface area contributed by atoms with E-state index in [0.29, 0.717) is 35.5 Å². The van der Waals surface area contributed by atoms with E-state index in [-0.39, 0.29) is 23.6 Å². The molecule has 0 aliphatic carbocycles. The second kappa shape index (κ2) is 15.7. The molecule has 26 heavy (non-hydrogen) atoms. The molecule has 1 aromatic rings. The van der Waals surface area contributed by atoms with Gasteiger partial charge < -0.3 is 10.2 Å². The Kier molecular flexibility index (Phi) is 17.5. The number of benzene rings is 1. The van der Waals surface area contributed by atoms with E-state index in [4.69, 9.17) is 20.3 Å². The summed E-state index contributed by atoms with van der Waals surface area (Å²) in [6.07, 6.45) is 0. The summed E-state index contributed by atoms with van der Waals surface area (Å²) in [4.78, 5) is 0. The topological polar surface area (TPSA) is 24.1 Å². The average Bonchev–Trinajstić information content (AvgIpc) is 2.50. The normalized spacial score (nSPS) is 11.2. The van der Waals surface area contributed by atoms with Gasteiger partial charge in [0.25, 0.3) is 0 Å². The third-order valence-corrected chi connectivity index (χ3v) is 9.09. The van der Waals surface area contributed by atoms with Gasteiger partial charge in [0, 0.05) is 11.4 Å². The fourth-order valence-electron chi connectivity index (χ4n) is 2.67. The zero-order valence-electron chi connectivity index (χ0n) is 16.6. The van der Waals surface area contributed by atoms with Crippen molar-refractivity contribution in [2.75, 3.05) is 10.2 Å². The zero-order chi connectivity index (χ0) is 19.6. The number of rotatable bonds is 8. The fraction of sp³-hybridized carbons (Fsp3) is 0.684. The molecule has 0 spiro atoms. The van der Waals surface area contributed by atoms with E-state index in [1.807, 2.05) is 0 Å². The molecule has 1 aromatic carbocycles. The second-order valence-corrected chi connectivity index (χ2v) is 15.0. The van der Waals surface area contributed by atoms with E-state index in [0.717, 1.165) is 0 Å². The first-order valence-corrected chi connectivity index (χ1v) is 14.5. The Labute approximate surface area is 180 Å². The Morgan fingerprint density at radius 1 is 0.731 bits per heavy atom. The summed E-state index contributed by atoms with van der Waals surface area (Å²) in [6, 6.07) is 8.82. The summed E-state index contributed by atoms with van der Waals surface area (Å²) in [6.45, 7) is 18.5. The molecule has 0 aliphatic rings. The van der Waals surface area contributed by atoms with Crippen LogP contribution in [0.2, 0.25) is 0 Å². The van der Waals surface area contributed by atoms with Crippen LogP contribution in [0.25, 0.3) is 0 Å². The van der Waals surface area contributed by atoms with Crippen LogP contribution in [0.1, 0.15) is 62.8 Å². The first-order valence-electron chi connectivity index (χ1n) is 8.67. The van der Waals surface area contributed by atoms with E-state index in [9.17, 15) is 0 Å². The number of hydrogen-bond donors (Lipinski definition) is 2.